The predicted octanol–water partition coefficient (Wildman–Crippen LogP) is 7.47. The van der Waals surface area contributed by atoms with Crippen molar-refractivity contribution in [1.29, 1.82) is 0 Å². The van der Waals surface area contributed by atoms with Crippen LogP contribution in [0.3, 0.4) is 0 Å². The number of alkyl halides is 3. The smallest absolute Gasteiger partial charge is 0.417 e. The van der Waals surface area contributed by atoms with Gasteiger partial charge in [-0.2, -0.15) is 13.2 Å². The topological polar surface area (TPSA) is 40.6 Å². The van der Waals surface area contributed by atoms with Crippen molar-refractivity contribution in [2.45, 2.75) is 31.9 Å². The Balaban J connectivity index is 1.60. The van der Waals surface area contributed by atoms with Gasteiger partial charge in [0, 0.05) is 23.4 Å². The second-order valence-corrected chi connectivity index (χ2v) is 7.87. The van der Waals surface area contributed by atoms with Gasteiger partial charge in [0.25, 0.3) is 0 Å². The molecule has 0 N–H and O–H groups in total. The lowest BCUT2D eigenvalue weighted by Crippen LogP contribution is -2.06. The monoisotopic (exact) mass is 497 g/mol. The van der Waals surface area contributed by atoms with E-state index in [-0.39, 0.29) is 17.0 Å². The number of nitrogens with zero attached hydrogens (tertiary/aromatic N) is 1. The molecule has 0 aliphatic carbocycles. The fraction of sp³-hybridized carbons (Fsp3) is 0.381. The van der Waals surface area contributed by atoms with Crippen LogP contribution in [0.1, 0.15) is 31.2 Å². The highest BCUT2D eigenvalue weighted by molar-refractivity contribution is 6.55. The first-order valence-electron chi connectivity index (χ1n) is 9.47. The zero-order chi connectivity index (χ0) is 22.7. The van der Waals surface area contributed by atoms with E-state index in [0.717, 1.165) is 37.9 Å². The Hall–Kier alpha value is -1.83. The van der Waals surface area contributed by atoms with Gasteiger partial charge in [0.05, 0.1) is 18.8 Å². The van der Waals surface area contributed by atoms with E-state index in [0.29, 0.717) is 29.7 Å². The van der Waals surface area contributed by atoms with Gasteiger partial charge in [-0.05, 0) is 50.0 Å². The van der Waals surface area contributed by atoms with Crippen LogP contribution in [0.2, 0.25) is 5.02 Å². The molecule has 2 rings (SSSR count). The lowest BCUT2D eigenvalue weighted by Gasteiger charge is -2.10. The van der Waals surface area contributed by atoms with Crippen molar-refractivity contribution in [3.8, 4) is 17.4 Å². The number of hydrogen-bond donors (Lipinski definition) is 0. The van der Waals surface area contributed by atoms with Crippen LogP contribution in [0.15, 0.2) is 47.1 Å². The number of hydrogen-bond acceptors (Lipinski definition) is 4. The molecule has 0 fully saturated rings. The molecule has 1 aromatic heterocycles. The second-order valence-electron chi connectivity index (χ2n) is 6.42. The quantitative estimate of drug-likeness (QED) is 0.285. The summed E-state index contributed by atoms with van der Waals surface area (Å²) in [6, 6.07) is 7.27. The number of halogens is 6. The van der Waals surface area contributed by atoms with Crippen LogP contribution >= 0.6 is 34.8 Å². The van der Waals surface area contributed by atoms with Crippen LogP contribution in [-0.4, -0.2) is 24.8 Å². The van der Waals surface area contributed by atoms with Crippen LogP contribution in [0.25, 0.3) is 0 Å². The largest absolute Gasteiger partial charge is 0.493 e. The highest BCUT2D eigenvalue weighted by atomic mass is 35.5. The molecule has 0 aliphatic rings. The zero-order valence-corrected chi connectivity index (χ0v) is 18.7. The fourth-order valence-corrected chi connectivity index (χ4v) is 2.80. The molecule has 4 nitrogen and oxygen atoms in total. The summed E-state index contributed by atoms with van der Waals surface area (Å²) in [5.41, 5.74) is -0.797. The lowest BCUT2D eigenvalue weighted by molar-refractivity contribution is -0.137. The van der Waals surface area contributed by atoms with E-state index in [1.54, 1.807) is 18.2 Å². The fourth-order valence-electron chi connectivity index (χ4n) is 2.46. The minimum absolute atomic E-state index is 0.125. The molecule has 1 aromatic carbocycles. The Morgan fingerprint density at radius 2 is 1.55 bits per heavy atom. The summed E-state index contributed by atoms with van der Waals surface area (Å²) < 4.78 is 54.1. The molecular formula is C21H21Cl3F3NO3. The van der Waals surface area contributed by atoms with Crippen molar-refractivity contribution in [2.24, 2.45) is 0 Å². The Morgan fingerprint density at radius 1 is 0.903 bits per heavy atom. The van der Waals surface area contributed by atoms with E-state index in [9.17, 15) is 13.2 Å². The Kier molecular flexibility index (Phi) is 10.6. The molecule has 0 bridgehead atoms. The van der Waals surface area contributed by atoms with Crippen molar-refractivity contribution in [3.05, 3.63) is 57.7 Å². The van der Waals surface area contributed by atoms with Crippen LogP contribution in [0.5, 0.6) is 17.4 Å². The van der Waals surface area contributed by atoms with Gasteiger partial charge >= 0.3 is 6.18 Å². The summed E-state index contributed by atoms with van der Waals surface area (Å²) in [6.07, 6.45) is 1.26. The first-order chi connectivity index (χ1) is 14.7. The molecule has 10 heteroatoms. The summed E-state index contributed by atoms with van der Waals surface area (Å²) in [7, 11) is 0. The molecule has 0 spiro atoms. The Labute approximate surface area is 193 Å². The van der Waals surface area contributed by atoms with E-state index in [2.05, 4.69) is 4.98 Å². The minimum Gasteiger partial charge on any atom is -0.493 e. The summed E-state index contributed by atoms with van der Waals surface area (Å²) >= 11 is 17.1. The number of ether oxygens (including phenoxy) is 3. The van der Waals surface area contributed by atoms with Gasteiger partial charge in [-0.25, -0.2) is 4.98 Å². The van der Waals surface area contributed by atoms with E-state index >= 15 is 0 Å². The standard InChI is InChI=1S/C21H21Cl3F3NO3/c22-16-11-17(13-18(12-16)30-10-7-19(23)24)29-8-3-1-2-4-9-31-20-6-5-15(14-28-20)21(25,26)27/h5-7,11-14H,1-4,8-10H2. The van der Waals surface area contributed by atoms with E-state index in [1.807, 2.05) is 0 Å². The van der Waals surface area contributed by atoms with Gasteiger partial charge in [-0.15, -0.1) is 0 Å². The summed E-state index contributed by atoms with van der Waals surface area (Å²) in [6.45, 7) is 1.11. The van der Waals surface area contributed by atoms with Crippen molar-refractivity contribution < 1.29 is 27.4 Å². The average molecular weight is 499 g/mol. The first kappa shape index (κ1) is 25.4. The maximum atomic E-state index is 12.5. The molecule has 2 aromatic rings. The Bertz CT molecular complexity index is 842. The summed E-state index contributed by atoms with van der Waals surface area (Å²) in [5, 5.41) is 0.488. The van der Waals surface area contributed by atoms with Crippen molar-refractivity contribution >= 4 is 34.8 Å². The molecule has 0 atom stereocenters. The second kappa shape index (κ2) is 12.9. The van der Waals surface area contributed by atoms with E-state index in [1.165, 1.54) is 12.1 Å². The van der Waals surface area contributed by atoms with E-state index in [4.69, 9.17) is 49.0 Å². The molecule has 170 valence electrons. The van der Waals surface area contributed by atoms with Gasteiger partial charge in [-0.3, -0.25) is 0 Å². The van der Waals surface area contributed by atoms with E-state index < -0.39 is 11.7 Å². The highest BCUT2D eigenvalue weighted by Crippen LogP contribution is 2.29. The van der Waals surface area contributed by atoms with Gasteiger partial charge in [0.15, 0.2) is 0 Å². The molecule has 0 amide bonds. The third kappa shape index (κ3) is 10.4. The maximum Gasteiger partial charge on any atom is 0.417 e. The number of pyridine rings is 1. The predicted molar refractivity (Wildman–Crippen MR) is 115 cm³/mol. The van der Waals surface area contributed by atoms with Crippen LogP contribution < -0.4 is 14.2 Å². The average Bonchev–Trinajstić information content (AvgIpc) is 2.69. The van der Waals surface area contributed by atoms with Crippen LogP contribution in [0.4, 0.5) is 13.2 Å². The van der Waals surface area contributed by atoms with Gasteiger partial charge in [0.2, 0.25) is 5.88 Å². The SMILES string of the molecule is FC(F)(F)c1ccc(OCCCCCCOc2cc(Cl)cc(OCC=C(Cl)Cl)c2)nc1. The van der Waals surface area contributed by atoms with Crippen molar-refractivity contribution in [2.75, 3.05) is 19.8 Å². The molecular weight excluding hydrogens is 478 g/mol. The summed E-state index contributed by atoms with van der Waals surface area (Å²) in [5.74, 6) is 1.32. The summed E-state index contributed by atoms with van der Waals surface area (Å²) in [4.78, 5) is 3.67. The lowest BCUT2D eigenvalue weighted by atomic mass is 10.2. The third-order valence-corrected chi connectivity index (χ3v) is 4.48. The normalized spacial score (nSPS) is 11.2. The molecule has 1 heterocycles. The van der Waals surface area contributed by atoms with Gasteiger partial charge in [0.1, 0.15) is 22.6 Å². The van der Waals surface area contributed by atoms with Gasteiger partial charge in [-0.1, -0.05) is 34.8 Å². The van der Waals surface area contributed by atoms with Crippen molar-refractivity contribution in [3.63, 3.8) is 0 Å². The molecule has 0 aliphatic heterocycles. The third-order valence-electron chi connectivity index (χ3n) is 3.95. The highest BCUT2D eigenvalue weighted by Gasteiger charge is 2.30. The zero-order valence-electron chi connectivity index (χ0n) is 16.4. The molecule has 0 saturated carbocycles. The minimum atomic E-state index is -4.40. The first-order valence-corrected chi connectivity index (χ1v) is 10.6. The molecule has 0 unspecified atom stereocenters. The number of unbranched alkanes of at least 4 members (excludes halogenated alkanes) is 3. The number of aromatic nitrogens is 1. The van der Waals surface area contributed by atoms with Crippen LogP contribution in [-0.2, 0) is 6.18 Å². The van der Waals surface area contributed by atoms with Crippen LogP contribution in [0, 0.1) is 0 Å². The van der Waals surface area contributed by atoms with Crippen molar-refractivity contribution in [1.82, 2.24) is 4.98 Å². The maximum absolute atomic E-state index is 12.5. The number of rotatable bonds is 12. The van der Waals surface area contributed by atoms with Gasteiger partial charge < -0.3 is 14.2 Å². The Morgan fingerprint density at radius 3 is 2.13 bits per heavy atom. The molecule has 0 saturated heterocycles. The molecule has 31 heavy (non-hydrogen) atoms. The molecule has 0 radical (unpaired) electrons. The number of benzene rings is 1.